The average Bonchev–Trinajstić information content (AvgIpc) is 2.53. The molecule has 0 atom stereocenters. The fourth-order valence-electron chi connectivity index (χ4n) is 2.09. The first-order chi connectivity index (χ1) is 11.3. The average molecular weight is 335 g/mol. The molecular formula is C17H12F3NO3. The largest absolute Gasteiger partial charge is 0.481 e. The topological polar surface area (TPSA) is 50.9 Å². The number of carbonyl (C=O) groups is 1. The zero-order chi connectivity index (χ0) is 17.9. The highest BCUT2D eigenvalue weighted by atomic mass is 19.3. The van der Waals surface area contributed by atoms with Gasteiger partial charge in [0.2, 0.25) is 0 Å². The van der Waals surface area contributed by atoms with E-state index in [1.165, 1.54) is 25.1 Å². The van der Waals surface area contributed by atoms with Gasteiger partial charge in [-0.2, -0.15) is 0 Å². The van der Waals surface area contributed by atoms with Crippen LogP contribution in [0, 0.1) is 19.3 Å². The molecule has 0 aliphatic heterocycles. The first kappa shape index (κ1) is 17.3. The van der Waals surface area contributed by atoms with Crippen molar-refractivity contribution >= 4 is 11.7 Å². The molecule has 0 unspecified atom stereocenters. The van der Waals surface area contributed by atoms with Crippen LogP contribution in [0.2, 0.25) is 0 Å². The van der Waals surface area contributed by atoms with Crippen LogP contribution in [0.1, 0.15) is 23.1 Å². The molecule has 0 saturated heterocycles. The molecule has 0 fully saturated rings. The summed E-state index contributed by atoms with van der Waals surface area (Å²) in [4.78, 5) is 13.8. The third kappa shape index (κ3) is 3.84. The number of hydrogen-bond acceptors (Lipinski definition) is 2. The van der Waals surface area contributed by atoms with E-state index in [1.54, 1.807) is 0 Å². The van der Waals surface area contributed by atoms with Crippen LogP contribution in [0.15, 0.2) is 30.3 Å². The minimum absolute atomic E-state index is 0.0671. The summed E-state index contributed by atoms with van der Waals surface area (Å²) in [7, 11) is 0. The van der Waals surface area contributed by atoms with E-state index in [0.29, 0.717) is 5.56 Å². The molecule has 1 N–H and O–H groups in total. The molecule has 2 aromatic carbocycles. The normalized spacial score (nSPS) is 10.5. The highest BCUT2D eigenvalue weighted by Crippen LogP contribution is 2.35. The third-order valence-corrected chi connectivity index (χ3v) is 3.23. The van der Waals surface area contributed by atoms with Gasteiger partial charge in [-0.15, -0.1) is 0 Å². The fourth-order valence-corrected chi connectivity index (χ4v) is 2.09. The Kier molecular flexibility index (Phi) is 5.09. The number of aryl methyl sites for hydroxylation is 1. The predicted molar refractivity (Wildman–Crippen MR) is 80.2 cm³/mol. The summed E-state index contributed by atoms with van der Waals surface area (Å²) >= 11 is 0. The fraction of sp³-hybridized carbons (Fsp3) is 0.176. The van der Waals surface area contributed by atoms with Crippen molar-refractivity contribution in [2.75, 3.05) is 0 Å². The van der Waals surface area contributed by atoms with Crippen LogP contribution < -0.4 is 4.74 Å². The predicted octanol–water partition coefficient (Wildman–Crippen LogP) is 5.04. The number of nitrogens with zero attached hydrogens (tertiary/aromatic N) is 1. The maximum absolute atomic E-state index is 14.4. The molecule has 0 bridgehead atoms. The number of alkyl halides is 2. The Bertz CT molecular complexity index is 829. The molecule has 0 aliphatic carbocycles. The second-order valence-corrected chi connectivity index (χ2v) is 5.03. The van der Waals surface area contributed by atoms with Crippen LogP contribution in [0.4, 0.5) is 18.9 Å². The van der Waals surface area contributed by atoms with Crippen LogP contribution in [0.5, 0.6) is 11.5 Å². The summed E-state index contributed by atoms with van der Waals surface area (Å²) in [5, 5.41) is 8.78. The van der Waals surface area contributed by atoms with Gasteiger partial charge < -0.3 is 9.84 Å². The van der Waals surface area contributed by atoms with E-state index >= 15 is 0 Å². The lowest BCUT2D eigenvalue weighted by Gasteiger charge is -2.13. The zero-order valence-corrected chi connectivity index (χ0v) is 12.5. The number of carboxylic acid groups (broad SMARTS) is 1. The van der Waals surface area contributed by atoms with E-state index in [4.69, 9.17) is 16.4 Å². The second-order valence-electron chi connectivity index (χ2n) is 5.03. The van der Waals surface area contributed by atoms with Crippen molar-refractivity contribution in [1.82, 2.24) is 0 Å². The Hall–Kier alpha value is -3.01. The monoisotopic (exact) mass is 335 g/mol. The van der Waals surface area contributed by atoms with E-state index in [9.17, 15) is 18.0 Å². The van der Waals surface area contributed by atoms with Gasteiger partial charge in [0.15, 0.2) is 17.3 Å². The van der Waals surface area contributed by atoms with E-state index in [-0.39, 0.29) is 22.7 Å². The Morgan fingerprint density at radius 3 is 2.62 bits per heavy atom. The van der Waals surface area contributed by atoms with Crippen molar-refractivity contribution in [3.63, 3.8) is 0 Å². The Labute approximate surface area is 135 Å². The van der Waals surface area contributed by atoms with E-state index in [1.807, 2.05) is 0 Å². The van der Waals surface area contributed by atoms with E-state index in [2.05, 4.69) is 4.85 Å². The molecule has 2 rings (SSSR count). The Morgan fingerprint density at radius 1 is 1.33 bits per heavy atom. The highest BCUT2D eigenvalue weighted by molar-refractivity contribution is 5.70. The first-order valence-corrected chi connectivity index (χ1v) is 6.80. The van der Waals surface area contributed by atoms with Gasteiger partial charge in [-0.1, -0.05) is 12.1 Å². The number of halogens is 3. The van der Waals surface area contributed by atoms with Crippen molar-refractivity contribution in [2.45, 2.75) is 19.8 Å². The maximum atomic E-state index is 14.4. The molecule has 0 aromatic heterocycles. The van der Waals surface area contributed by atoms with Gasteiger partial charge in [-0.3, -0.25) is 4.79 Å². The van der Waals surface area contributed by atoms with Crippen LogP contribution in [0.25, 0.3) is 4.85 Å². The van der Waals surface area contributed by atoms with Crippen molar-refractivity contribution in [3.05, 3.63) is 64.3 Å². The minimum Gasteiger partial charge on any atom is -0.481 e. The van der Waals surface area contributed by atoms with Crippen molar-refractivity contribution in [2.24, 2.45) is 0 Å². The van der Waals surface area contributed by atoms with Gasteiger partial charge in [0, 0.05) is 11.1 Å². The van der Waals surface area contributed by atoms with Gasteiger partial charge in [-0.25, -0.2) is 18.0 Å². The lowest BCUT2D eigenvalue weighted by Crippen LogP contribution is -2.04. The van der Waals surface area contributed by atoms with Gasteiger partial charge in [-0.05, 0) is 30.7 Å². The molecule has 0 amide bonds. The highest BCUT2D eigenvalue weighted by Gasteiger charge is 2.17. The molecule has 0 spiro atoms. The number of hydrogen-bond donors (Lipinski definition) is 1. The Balaban J connectivity index is 2.46. The summed E-state index contributed by atoms with van der Waals surface area (Å²) in [5.41, 5.74) is -0.201. The minimum atomic E-state index is -2.81. The lowest BCUT2D eigenvalue weighted by molar-refractivity contribution is -0.136. The number of rotatable bonds is 5. The maximum Gasteiger partial charge on any atom is 0.307 e. The molecule has 0 saturated carbocycles. The summed E-state index contributed by atoms with van der Waals surface area (Å²) in [5.74, 6) is -2.45. The molecule has 0 radical (unpaired) electrons. The molecule has 0 aliphatic rings. The molecule has 7 heteroatoms. The van der Waals surface area contributed by atoms with Crippen LogP contribution >= 0.6 is 0 Å². The van der Waals surface area contributed by atoms with E-state index < -0.39 is 30.2 Å². The van der Waals surface area contributed by atoms with E-state index in [0.717, 1.165) is 12.1 Å². The molecule has 24 heavy (non-hydrogen) atoms. The molecule has 0 heterocycles. The quantitative estimate of drug-likeness (QED) is 0.779. The van der Waals surface area contributed by atoms with Crippen molar-refractivity contribution in [3.8, 4) is 11.5 Å². The van der Waals surface area contributed by atoms with Crippen molar-refractivity contribution < 1.29 is 27.8 Å². The van der Waals surface area contributed by atoms with Gasteiger partial charge >= 0.3 is 5.97 Å². The van der Waals surface area contributed by atoms with Gasteiger partial charge in [0.1, 0.15) is 5.75 Å². The smallest absolute Gasteiger partial charge is 0.307 e. The SMILES string of the molecule is [C-]#[N+]c1cc(Oc2c(C)ccc(CC(=O)O)c2F)cc(C(F)F)c1. The van der Waals surface area contributed by atoms with Gasteiger partial charge in [0.25, 0.3) is 6.43 Å². The van der Waals surface area contributed by atoms with Crippen LogP contribution in [-0.2, 0) is 11.2 Å². The van der Waals surface area contributed by atoms with Crippen molar-refractivity contribution in [1.29, 1.82) is 0 Å². The zero-order valence-electron chi connectivity index (χ0n) is 12.5. The summed E-state index contributed by atoms with van der Waals surface area (Å²) in [6.45, 7) is 8.48. The van der Waals surface area contributed by atoms with Crippen LogP contribution in [-0.4, -0.2) is 11.1 Å². The second kappa shape index (κ2) is 7.04. The summed E-state index contributed by atoms with van der Waals surface area (Å²) in [6.07, 6.45) is -3.34. The standard InChI is InChI=1S/C17H12F3NO3/c1-9-3-4-10(7-14(22)23)15(18)16(9)24-13-6-11(17(19)20)5-12(8-13)21-2/h3-6,8,17H,7H2,1H3,(H,22,23). The first-order valence-electron chi connectivity index (χ1n) is 6.80. The number of carboxylic acids is 1. The van der Waals surface area contributed by atoms with Crippen LogP contribution in [0.3, 0.4) is 0 Å². The molecular weight excluding hydrogens is 323 g/mol. The summed E-state index contributed by atoms with van der Waals surface area (Å²) < 4.78 is 45.5. The molecule has 124 valence electrons. The van der Waals surface area contributed by atoms with Gasteiger partial charge in [0.05, 0.1) is 13.0 Å². The molecule has 4 nitrogen and oxygen atoms in total. The molecule has 2 aromatic rings. The third-order valence-electron chi connectivity index (χ3n) is 3.23. The number of aliphatic carboxylic acids is 1. The Morgan fingerprint density at radius 2 is 2.04 bits per heavy atom. The number of ether oxygens (including phenoxy) is 1. The summed E-state index contributed by atoms with van der Waals surface area (Å²) in [6, 6.07) is 6.05. The number of benzene rings is 2. The lowest BCUT2D eigenvalue weighted by atomic mass is 10.1.